The van der Waals surface area contributed by atoms with Crippen LogP contribution in [0.4, 0.5) is 4.39 Å². The van der Waals surface area contributed by atoms with E-state index in [0.29, 0.717) is 42.4 Å². The topological polar surface area (TPSA) is 68.7 Å². The number of fused-ring (bicyclic) bond motifs is 1. The monoisotopic (exact) mass is 473 g/mol. The summed E-state index contributed by atoms with van der Waals surface area (Å²) in [6.45, 7) is 2.29. The lowest BCUT2D eigenvalue weighted by molar-refractivity contribution is -0.132. The van der Waals surface area contributed by atoms with Crippen LogP contribution in [-0.4, -0.2) is 23.2 Å². The Labute approximate surface area is 204 Å². The van der Waals surface area contributed by atoms with Crippen LogP contribution in [0.15, 0.2) is 60.3 Å². The maximum Gasteiger partial charge on any atom is 0.331 e. The number of allylic oxidation sites excluding steroid dienone is 1. The minimum Gasteiger partial charge on any atom is -0.481 e. The molecule has 3 aromatic rings. The summed E-state index contributed by atoms with van der Waals surface area (Å²) in [4.78, 5) is 16.0. The largest absolute Gasteiger partial charge is 0.481 e. The number of hydrogen-bond donors (Lipinski definition) is 1. The Morgan fingerprint density at radius 1 is 1.11 bits per heavy atom. The van der Waals surface area contributed by atoms with E-state index in [9.17, 15) is 9.90 Å². The van der Waals surface area contributed by atoms with E-state index >= 15 is 4.39 Å². The molecule has 2 aliphatic rings. The molecule has 6 heteroatoms. The summed E-state index contributed by atoms with van der Waals surface area (Å²) in [6.07, 6.45) is 4.31. The van der Waals surface area contributed by atoms with Crippen LogP contribution in [0.5, 0.6) is 5.88 Å². The predicted molar refractivity (Wildman–Crippen MR) is 131 cm³/mol. The maximum absolute atomic E-state index is 15.2. The van der Waals surface area contributed by atoms with Gasteiger partial charge in [0.15, 0.2) is 0 Å². The third-order valence-corrected chi connectivity index (χ3v) is 6.91. The highest BCUT2D eigenvalue weighted by atomic mass is 19.1. The van der Waals surface area contributed by atoms with Crippen LogP contribution in [0.2, 0.25) is 0 Å². The molecule has 1 unspecified atom stereocenters. The molecule has 2 heterocycles. The number of carboxylic acids is 1. The van der Waals surface area contributed by atoms with Crippen LogP contribution in [0, 0.1) is 11.7 Å². The van der Waals surface area contributed by atoms with Crippen molar-refractivity contribution >= 4 is 11.5 Å². The van der Waals surface area contributed by atoms with Gasteiger partial charge in [-0.1, -0.05) is 37.3 Å². The number of rotatable bonds is 7. The molecule has 1 saturated carbocycles. The average Bonchev–Trinajstić information content (AvgIpc) is 3.71. The molecule has 1 aliphatic carbocycles. The van der Waals surface area contributed by atoms with Gasteiger partial charge in [-0.25, -0.2) is 14.2 Å². The first-order valence-electron chi connectivity index (χ1n) is 12.0. The normalized spacial score (nSPS) is 18.0. The van der Waals surface area contributed by atoms with Gasteiger partial charge < -0.3 is 14.6 Å². The first-order chi connectivity index (χ1) is 17.0. The van der Waals surface area contributed by atoms with Crippen molar-refractivity contribution in [3.8, 4) is 17.0 Å². The summed E-state index contributed by atoms with van der Waals surface area (Å²) in [6, 6.07) is 14.9. The number of halogens is 1. The summed E-state index contributed by atoms with van der Waals surface area (Å²) in [7, 11) is 1.55. The van der Waals surface area contributed by atoms with Crippen molar-refractivity contribution in [2.75, 3.05) is 7.11 Å². The Kier molecular flexibility index (Phi) is 6.39. The zero-order chi connectivity index (χ0) is 24.5. The number of hydrogen-bond acceptors (Lipinski definition) is 4. The molecular formula is C29H28FNO4. The molecule has 5 rings (SSSR count). The van der Waals surface area contributed by atoms with Crippen LogP contribution in [0.3, 0.4) is 0 Å². The fourth-order valence-corrected chi connectivity index (χ4v) is 4.93. The van der Waals surface area contributed by atoms with Crippen LogP contribution >= 0.6 is 0 Å². The zero-order valence-corrected chi connectivity index (χ0v) is 19.9. The number of ether oxygens (including phenoxy) is 2. The Hall–Kier alpha value is -3.51. The van der Waals surface area contributed by atoms with Crippen molar-refractivity contribution < 1.29 is 23.8 Å². The van der Waals surface area contributed by atoms with E-state index < -0.39 is 12.1 Å². The van der Waals surface area contributed by atoms with Gasteiger partial charge in [-0.3, -0.25) is 0 Å². The second-order valence-corrected chi connectivity index (χ2v) is 9.14. The van der Waals surface area contributed by atoms with Crippen molar-refractivity contribution in [3.63, 3.8) is 0 Å². The summed E-state index contributed by atoms with van der Waals surface area (Å²) >= 11 is 0. The van der Waals surface area contributed by atoms with Gasteiger partial charge in [0.05, 0.1) is 19.8 Å². The van der Waals surface area contributed by atoms with Gasteiger partial charge in [0.1, 0.15) is 5.82 Å². The third kappa shape index (κ3) is 4.71. The van der Waals surface area contributed by atoms with Crippen molar-refractivity contribution in [2.45, 2.75) is 45.3 Å². The van der Waals surface area contributed by atoms with Crippen molar-refractivity contribution in [2.24, 2.45) is 5.92 Å². The van der Waals surface area contributed by atoms with Crippen LogP contribution < -0.4 is 4.74 Å². The minimum atomic E-state index is -0.845. The minimum absolute atomic E-state index is 0.312. The second-order valence-electron chi connectivity index (χ2n) is 9.14. The number of carbonyl (C=O) groups is 1. The molecule has 1 aromatic heterocycles. The second kappa shape index (κ2) is 9.62. The van der Waals surface area contributed by atoms with Gasteiger partial charge in [0.2, 0.25) is 5.88 Å². The van der Waals surface area contributed by atoms with Crippen LogP contribution in [-0.2, 0) is 22.6 Å². The van der Waals surface area contributed by atoms with E-state index in [0.717, 1.165) is 46.2 Å². The molecule has 1 N–H and O–H groups in total. The number of benzene rings is 2. The number of pyridine rings is 1. The van der Waals surface area contributed by atoms with Gasteiger partial charge in [0.25, 0.3) is 0 Å². The van der Waals surface area contributed by atoms with E-state index in [-0.39, 0.29) is 5.82 Å². The van der Waals surface area contributed by atoms with E-state index in [1.54, 1.807) is 25.4 Å². The molecule has 35 heavy (non-hydrogen) atoms. The smallest absolute Gasteiger partial charge is 0.331 e. The van der Waals surface area contributed by atoms with Gasteiger partial charge in [-0.15, -0.1) is 0 Å². The molecule has 180 valence electrons. The highest BCUT2D eigenvalue weighted by Crippen LogP contribution is 2.45. The summed E-state index contributed by atoms with van der Waals surface area (Å²) in [5.41, 5.74) is 6.64. The predicted octanol–water partition coefficient (Wildman–Crippen LogP) is 6.37. The van der Waals surface area contributed by atoms with Crippen molar-refractivity contribution in [1.29, 1.82) is 0 Å². The molecular weight excluding hydrogens is 445 g/mol. The number of methoxy groups -OCH3 is 1. The molecule has 1 fully saturated rings. The van der Waals surface area contributed by atoms with Gasteiger partial charge >= 0.3 is 5.97 Å². The van der Waals surface area contributed by atoms with Crippen molar-refractivity contribution in [1.82, 2.24) is 4.98 Å². The quantitative estimate of drug-likeness (QED) is 0.404. The number of aromatic nitrogens is 1. The summed E-state index contributed by atoms with van der Waals surface area (Å²) < 4.78 is 26.5. The zero-order valence-electron chi connectivity index (χ0n) is 19.9. The number of carboxylic acid groups (broad SMARTS) is 1. The average molecular weight is 474 g/mol. The SMILES string of the molecule is CCC(C(=O)O)=C(c1ccc2c(c1)CC(c1ccc(-c3ccnc(OC)c3)cc1F)OC2)C1CC1. The molecule has 0 bridgehead atoms. The molecule has 1 aliphatic heterocycles. The lowest BCUT2D eigenvalue weighted by Gasteiger charge is -2.27. The Balaban J connectivity index is 1.44. The van der Waals surface area contributed by atoms with Gasteiger partial charge in [0, 0.05) is 29.8 Å². The number of aliphatic carboxylic acids is 1. The standard InChI is InChI=1S/C29H28FNO4/c1-3-23(29(32)33)28(17-4-5-17)20-6-7-21-16-35-26(14-22(21)12-20)24-9-8-18(13-25(24)30)19-10-11-31-27(15-19)34-2/h6-13,15,17,26H,3-5,14,16H2,1-2H3,(H,32,33). The van der Waals surface area contributed by atoms with Crippen molar-refractivity contribution in [3.05, 3.63) is 88.4 Å². The third-order valence-electron chi connectivity index (χ3n) is 6.91. The molecule has 0 radical (unpaired) electrons. The highest BCUT2D eigenvalue weighted by Gasteiger charge is 2.32. The fraction of sp³-hybridized carbons (Fsp3) is 0.310. The summed E-state index contributed by atoms with van der Waals surface area (Å²) in [5, 5.41) is 9.75. The number of nitrogens with zero attached hydrogens (tertiary/aromatic N) is 1. The highest BCUT2D eigenvalue weighted by molar-refractivity contribution is 5.97. The summed E-state index contributed by atoms with van der Waals surface area (Å²) in [5.74, 6) is -0.377. The van der Waals surface area contributed by atoms with Crippen LogP contribution in [0.1, 0.15) is 54.5 Å². The lowest BCUT2D eigenvalue weighted by Crippen LogP contribution is -2.17. The first kappa shape index (κ1) is 23.2. The van der Waals surface area contributed by atoms with E-state index in [1.807, 2.05) is 31.2 Å². The molecule has 0 amide bonds. The fourth-order valence-electron chi connectivity index (χ4n) is 4.93. The van der Waals surface area contributed by atoms with E-state index in [2.05, 4.69) is 11.1 Å². The maximum atomic E-state index is 15.2. The van der Waals surface area contributed by atoms with Gasteiger partial charge in [-0.05, 0) is 70.7 Å². The van der Waals surface area contributed by atoms with E-state index in [1.165, 1.54) is 6.07 Å². The Morgan fingerprint density at radius 2 is 1.91 bits per heavy atom. The van der Waals surface area contributed by atoms with Gasteiger partial charge in [-0.2, -0.15) is 0 Å². The van der Waals surface area contributed by atoms with E-state index in [4.69, 9.17) is 9.47 Å². The molecule has 0 spiro atoms. The first-order valence-corrected chi connectivity index (χ1v) is 12.0. The Bertz CT molecular complexity index is 1310. The van der Waals surface area contributed by atoms with Crippen LogP contribution in [0.25, 0.3) is 16.7 Å². The molecule has 1 atom stereocenters. The molecule has 2 aromatic carbocycles. The molecule has 5 nitrogen and oxygen atoms in total. The lowest BCUT2D eigenvalue weighted by atomic mass is 9.88. The Morgan fingerprint density at radius 3 is 2.60 bits per heavy atom. The molecule has 0 saturated heterocycles.